The normalized spacial score (nSPS) is 15.3. The molecule has 150 valence electrons. The number of methoxy groups -OCH3 is 2. The van der Waals surface area contributed by atoms with Gasteiger partial charge in [-0.1, -0.05) is 0 Å². The molecule has 1 aliphatic heterocycles. The molecule has 2 aromatic rings. The van der Waals surface area contributed by atoms with Gasteiger partial charge in [0.05, 0.1) is 19.1 Å². The number of benzene rings is 2. The summed E-state index contributed by atoms with van der Waals surface area (Å²) in [7, 11) is -0.799. The Morgan fingerprint density at radius 2 is 1.61 bits per heavy atom. The van der Waals surface area contributed by atoms with Gasteiger partial charge in [-0.05, 0) is 24.3 Å². The highest BCUT2D eigenvalue weighted by Crippen LogP contribution is 2.31. The van der Waals surface area contributed by atoms with Crippen molar-refractivity contribution < 1.29 is 22.8 Å². The van der Waals surface area contributed by atoms with Crippen LogP contribution in [0.5, 0.6) is 11.5 Å². The maximum absolute atomic E-state index is 13.0. The predicted molar refractivity (Wildman–Crippen MR) is 104 cm³/mol. The van der Waals surface area contributed by atoms with E-state index in [0.717, 1.165) is 5.69 Å². The van der Waals surface area contributed by atoms with Crippen LogP contribution in [-0.2, 0) is 10.0 Å². The second-order valence-electron chi connectivity index (χ2n) is 6.18. The molecular formula is C18H21N3O6S. The molecule has 0 radical (unpaired) electrons. The third-order valence-corrected chi connectivity index (χ3v) is 6.59. The molecule has 0 unspecified atom stereocenters. The van der Waals surface area contributed by atoms with Gasteiger partial charge in [0.2, 0.25) is 10.0 Å². The number of non-ortho nitro benzene ring substituents is 1. The van der Waals surface area contributed by atoms with Crippen LogP contribution < -0.4 is 14.4 Å². The number of piperazine rings is 1. The van der Waals surface area contributed by atoms with E-state index in [1.165, 1.54) is 36.7 Å². The van der Waals surface area contributed by atoms with Gasteiger partial charge < -0.3 is 14.4 Å². The molecule has 9 nitrogen and oxygen atoms in total. The summed E-state index contributed by atoms with van der Waals surface area (Å²) in [6.45, 7) is 1.56. The Morgan fingerprint density at radius 1 is 0.964 bits per heavy atom. The number of rotatable bonds is 6. The third-order valence-electron chi connectivity index (χ3n) is 4.65. The monoisotopic (exact) mass is 407 g/mol. The third kappa shape index (κ3) is 3.87. The van der Waals surface area contributed by atoms with Crippen molar-refractivity contribution in [2.75, 3.05) is 45.3 Å². The average Bonchev–Trinajstić information content (AvgIpc) is 2.73. The van der Waals surface area contributed by atoms with Gasteiger partial charge in [-0.25, -0.2) is 8.42 Å². The summed E-state index contributed by atoms with van der Waals surface area (Å²) in [6.07, 6.45) is 0. The number of hydrogen-bond donors (Lipinski definition) is 0. The molecule has 0 N–H and O–H groups in total. The van der Waals surface area contributed by atoms with Crippen LogP contribution in [0.4, 0.5) is 11.4 Å². The average molecular weight is 407 g/mol. The van der Waals surface area contributed by atoms with Crippen LogP contribution in [0.1, 0.15) is 0 Å². The van der Waals surface area contributed by atoms with E-state index in [0.29, 0.717) is 31.9 Å². The minimum Gasteiger partial charge on any atom is -0.497 e. The zero-order valence-corrected chi connectivity index (χ0v) is 16.4. The summed E-state index contributed by atoms with van der Waals surface area (Å²) in [5.41, 5.74) is 0.848. The first-order chi connectivity index (χ1) is 13.4. The van der Waals surface area contributed by atoms with Crippen LogP contribution in [0.3, 0.4) is 0 Å². The molecule has 2 aromatic carbocycles. The molecule has 0 saturated carbocycles. The van der Waals surface area contributed by atoms with E-state index < -0.39 is 14.9 Å². The van der Waals surface area contributed by atoms with Gasteiger partial charge in [0.15, 0.2) is 0 Å². The van der Waals surface area contributed by atoms with Gasteiger partial charge in [-0.3, -0.25) is 10.1 Å². The zero-order chi connectivity index (χ0) is 20.3. The fourth-order valence-corrected chi connectivity index (χ4v) is 4.66. The molecule has 0 aromatic heterocycles. The number of hydrogen-bond acceptors (Lipinski definition) is 7. The van der Waals surface area contributed by atoms with Gasteiger partial charge in [-0.15, -0.1) is 0 Å². The van der Waals surface area contributed by atoms with E-state index in [2.05, 4.69) is 0 Å². The van der Waals surface area contributed by atoms with Crippen molar-refractivity contribution >= 4 is 21.4 Å². The summed E-state index contributed by atoms with van der Waals surface area (Å²) < 4.78 is 37.9. The Morgan fingerprint density at radius 3 is 2.14 bits per heavy atom. The van der Waals surface area contributed by atoms with Crippen LogP contribution in [-0.4, -0.2) is 58.0 Å². The van der Waals surface area contributed by atoms with Crippen LogP contribution in [0, 0.1) is 10.1 Å². The molecule has 28 heavy (non-hydrogen) atoms. The lowest BCUT2D eigenvalue weighted by Gasteiger charge is -2.35. The largest absolute Gasteiger partial charge is 0.497 e. The molecule has 1 aliphatic rings. The van der Waals surface area contributed by atoms with E-state index in [9.17, 15) is 18.5 Å². The molecule has 0 bridgehead atoms. The zero-order valence-electron chi connectivity index (χ0n) is 15.6. The van der Waals surface area contributed by atoms with Crippen LogP contribution in [0.2, 0.25) is 0 Å². The maximum Gasteiger partial charge on any atom is 0.269 e. The van der Waals surface area contributed by atoms with Crippen molar-refractivity contribution in [3.63, 3.8) is 0 Å². The Kier molecular flexibility index (Phi) is 5.71. The van der Waals surface area contributed by atoms with Crippen molar-refractivity contribution in [3.8, 4) is 11.5 Å². The lowest BCUT2D eigenvalue weighted by Crippen LogP contribution is -2.48. The predicted octanol–water partition coefficient (Wildman–Crippen LogP) is 2.12. The molecular weight excluding hydrogens is 386 g/mol. The highest BCUT2D eigenvalue weighted by molar-refractivity contribution is 7.89. The summed E-state index contributed by atoms with van der Waals surface area (Å²) in [4.78, 5) is 12.4. The molecule has 1 fully saturated rings. The van der Waals surface area contributed by atoms with Crippen molar-refractivity contribution in [2.24, 2.45) is 0 Å². The quantitative estimate of drug-likeness (QED) is 0.534. The number of anilines is 1. The van der Waals surface area contributed by atoms with Crippen LogP contribution in [0.25, 0.3) is 0 Å². The number of nitro benzene ring substituents is 1. The first kappa shape index (κ1) is 19.9. The van der Waals surface area contributed by atoms with Crippen LogP contribution >= 0.6 is 0 Å². The molecule has 0 amide bonds. The van der Waals surface area contributed by atoms with E-state index in [1.54, 1.807) is 24.3 Å². The summed E-state index contributed by atoms with van der Waals surface area (Å²) in [6, 6.07) is 10.9. The van der Waals surface area contributed by atoms with Gasteiger partial charge >= 0.3 is 0 Å². The Hall–Kier alpha value is -2.85. The van der Waals surface area contributed by atoms with E-state index in [-0.39, 0.29) is 16.3 Å². The first-order valence-corrected chi connectivity index (χ1v) is 10.0. The number of ether oxygens (including phenoxy) is 2. The van der Waals surface area contributed by atoms with Gasteiger partial charge in [0.25, 0.3) is 5.69 Å². The maximum atomic E-state index is 13.0. The van der Waals surface area contributed by atoms with Crippen molar-refractivity contribution in [1.82, 2.24) is 4.31 Å². The summed E-state index contributed by atoms with van der Waals surface area (Å²) >= 11 is 0. The van der Waals surface area contributed by atoms with Gasteiger partial charge in [0.1, 0.15) is 16.4 Å². The van der Waals surface area contributed by atoms with Crippen LogP contribution in [0.15, 0.2) is 47.4 Å². The van der Waals surface area contributed by atoms with E-state index in [1.807, 2.05) is 4.90 Å². The minimum atomic E-state index is -3.72. The summed E-state index contributed by atoms with van der Waals surface area (Å²) in [5.74, 6) is 0.746. The molecule has 0 atom stereocenters. The minimum absolute atomic E-state index is 0.0246. The molecule has 0 spiro atoms. The lowest BCUT2D eigenvalue weighted by molar-refractivity contribution is -0.384. The van der Waals surface area contributed by atoms with Crippen molar-refractivity contribution in [1.29, 1.82) is 0 Å². The highest BCUT2D eigenvalue weighted by atomic mass is 32.2. The smallest absolute Gasteiger partial charge is 0.269 e. The Bertz CT molecular complexity index is 954. The van der Waals surface area contributed by atoms with E-state index >= 15 is 0 Å². The topological polar surface area (TPSA) is 102 Å². The number of nitro groups is 1. The highest BCUT2D eigenvalue weighted by Gasteiger charge is 2.31. The molecule has 1 heterocycles. The number of nitrogens with zero attached hydrogens (tertiary/aromatic N) is 3. The second kappa shape index (κ2) is 8.03. The first-order valence-electron chi connectivity index (χ1n) is 8.58. The lowest BCUT2D eigenvalue weighted by atomic mass is 10.2. The Labute approximate surface area is 163 Å². The molecule has 3 rings (SSSR count). The Balaban J connectivity index is 1.74. The van der Waals surface area contributed by atoms with Gasteiger partial charge in [-0.2, -0.15) is 4.31 Å². The fraction of sp³-hybridized carbons (Fsp3) is 0.333. The standard InChI is InChI=1S/C18H21N3O6S/c1-26-16-7-8-18(17(13-16)27-2)28(24,25)20-11-9-19(10-12-20)14-3-5-15(6-4-14)21(22)23/h3-8,13H,9-12H2,1-2H3. The van der Waals surface area contributed by atoms with Crippen molar-refractivity contribution in [3.05, 3.63) is 52.6 Å². The SMILES string of the molecule is COc1ccc(S(=O)(=O)N2CCN(c3ccc([N+](=O)[O-])cc3)CC2)c(OC)c1. The van der Waals surface area contributed by atoms with Crippen molar-refractivity contribution in [2.45, 2.75) is 4.90 Å². The van der Waals surface area contributed by atoms with E-state index in [4.69, 9.17) is 9.47 Å². The molecule has 1 saturated heterocycles. The number of sulfonamides is 1. The second-order valence-corrected chi connectivity index (χ2v) is 8.09. The van der Waals surface area contributed by atoms with Gasteiger partial charge in [0, 0.05) is 50.1 Å². The summed E-state index contributed by atoms with van der Waals surface area (Å²) in [5, 5.41) is 10.8. The fourth-order valence-electron chi connectivity index (χ4n) is 3.10. The molecule has 0 aliphatic carbocycles. The molecule has 10 heteroatoms.